The van der Waals surface area contributed by atoms with E-state index in [1.54, 1.807) is 19.4 Å². The second-order valence-electron chi connectivity index (χ2n) is 3.82. The van der Waals surface area contributed by atoms with Gasteiger partial charge in [0.05, 0.1) is 12.3 Å². The number of halogens is 1. The molecule has 1 heterocycles. The molecule has 0 aliphatic carbocycles. The number of carbonyl (C=O) groups is 1. The Labute approximate surface area is 119 Å². The van der Waals surface area contributed by atoms with Crippen molar-refractivity contribution < 1.29 is 9.53 Å². The number of imidazole rings is 1. The zero-order valence-corrected chi connectivity index (χ0v) is 12.3. The molecule has 5 heteroatoms. The molecule has 1 aromatic carbocycles. The number of nitrogens with zero attached hydrogens (tertiary/aromatic N) is 2. The SMILES string of the molecule is CCOC(=O)c1cn(-c2cc(I)ccc2C)cn1. The second kappa shape index (κ2) is 5.51. The third-order valence-electron chi connectivity index (χ3n) is 2.52. The molecule has 0 aliphatic rings. The Morgan fingerprint density at radius 1 is 1.50 bits per heavy atom. The molecule has 0 fully saturated rings. The van der Waals surface area contributed by atoms with Gasteiger partial charge in [-0.05, 0) is 54.1 Å². The van der Waals surface area contributed by atoms with Crippen molar-refractivity contribution in [1.29, 1.82) is 0 Å². The Balaban J connectivity index is 2.35. The highest BCUT2D eigenvalue weighted by atomic mass is 127. The highest BCUT2D eigenvalue weighted by molar-refractivity contribution is 14.1. The molecule has 0 N–H and O–H groups in total. The Kier molecular flexibility index (Phi) is 4.00. The van der Waals surface area contributed by atoms with E-state index in [1.807, 2.05) is 29.7 Å². The second-order valence-corrected chi connectivity index (χ2v) is 5.06. The molecule has 18 heavy (non-hydrogen) atoms. The summed E-state index contributed by atoms with van der Waals surface area (Å²) in [4.78, 5) is 15.6. The van der Waals surface area contributed by atoms with Crippen molar-refractivity contribution in [3.05, 3.63) is 45.6 Å². The summed E-state index contributed by atoms with van der Waals surface area (Å²) in [5, 5.41) is 0. The van der Waals surface area contributed by atoms with Crippen molar-refractivity contribution in [2.24, 2.45) is 0 Å². The molecule has 2 rings (SSSR count). The Bertz CT molecular complexity index is 578. The molecular formula is C13H13IN2O2. The van der Waals surface area contributed by atoms with E-state index in [9.17, 15) is 4.79 Å². The highest BCUT2D eigenvalue weighted by Gasteiger charge is 2.11. The van der Waals surface area contributed by atoms with E-state index in [1.165, 1.54) is 0 Å². The van der Waals surface area contributed by atoms with Gasteiger partial charge in [0, 0.05) is 9.77 Å². The van der Waals surface area contributed by atoms with Crippen LogP contribution >= 0.6 is 22.6 Å². The van der Waals surface area contributed by atoms with Crippen LogP contribution in [-0.4, -0.2) is 22.1 Å². The van der Waals surface area contributed by atoms with E-state index in [-0.39, 0.29) is 5.97 Å². The minimum Gasteiger partial charge on any atom is -0.461 e. The lowest BCUT2D eigenvalue weighted by Crippen LogP contribution is -2.04. The van der Waals surface area contributed by atoms with Crippen LogP contribution in [0, 0.1) is 10.5 Å². The fourth-order valence-electron chi connectivity index (χ4n) is 1.63. The number of aromatic nitrogens is 2. The molecule has 1 aromatic heterocycles. The van der Waals surface area contributed by atoms with E-state index in [0.717, 1.165) is 14.8 Å². The predicted molar refractivity (Wildman–Crippen MR) is 77.0 cm³/mol. The largest absolute Gasteiger partial charge is 0.461 e. The van der Waals surface area contributed by atoms with Crippen LogP contribution in [0.3, 0.4) is 0 Å². The lowest BCUT2D eigenvalue weighted by molar-refractivity contribution is 0.0520. The first-order valence-electron chi connectivity index (χ1n) is 5.59. The number of benzene rings is 1. The Morgan fingerprint density at radius 3 is 3.00 bits per heavy atom. The smallest absolute Gasteiger partial charge is 0.358 e. The maximum atomic E-state index is 11.5. The fraction of sp³-hybridized carbons (Fsp3) is 0.231. The van der Waals surface area contributed by atoms with Crippen LogP contribution in [-0.2, 0) is 4.74 Å². The molecule has 94 valence electrons. The van der Waals surface area contributed by atoms with Gasteiger partial charge in [0.15, 0.2) is 5.69 Å². The number of carbonyl (C=O) groups excluding carboxylic acids is 1. The van der Waals surface area contributed by atoms with E-state index < -0.39 is 0 Å². The van der Waals surface area contributed by atoms with Crippen LogP contribution in [0.5, 0.6) is 0 Å². The highest BCUT2D eigenvalue weighted by Crippen LogP contribution is 2.18. The van der Waals surface area contributed by atoms with Crippen LogP contribution in [0.4, 0.5) is 0 Å². The monoisotopic (exact) mass is 356 g/mol. The third kappa shape index (κ3) is 2.72. The predicted octanol–water partition coefficient (Wildman–Crippen LogP) is 2.96. The third-order valence-corrected chi connectivity index (χ3v) is 3.19. The first kappa shape index (κ1) is 13.1. The van der Waals surface area contributed by atoms with Gasteiger partial charge in [-0.15, -0.1) is 0 Å². The molecule has 0 aliphatic heterocycles. The molecule has 4 nitrogen and oxygen atoms in total. The van der Waals surface area contributed by atoms with Crippen LogP contribution in [0.1, 0.15) is 23.0 Å². The minimum absolute atomic E-state index is 0.329. The summed E-state index contributed by atoms with van der Waals surface area (Å²) in [6.07, 6.45) is 3.32. The number of hydrogen-bond donors (Lipinski definition) is 0. The first-order valence-corrected chi connectivity index (χ1v) is 6.67. The van der Waals surface area contributed by atoms with Gasteiger partial charge < -0.3 is 9.30 Å². The summed E-state index contributed by atoms with van der Waals surface area (Å²) in [6, 6.07) is 6.14. The fourth-order valence-corrected chi connectivity index (χ4v) is 2.10. The Morgan fingerprint density at radius 2 is 2.28 bits per heavy atom. The summed E-state index contributed by atoms with van der Waals surface area (Å²) in [5.41, 5.74) is 2.48. The lowest BCUT2D eigenvalue weighted by atomic mass is 10.2. The van der Waals surface area contributed by atoms with E-state index >= 15 is 0 Å². The first-order chi connectivity index (χ1) is 8.61. The average Bonchev–Trinajstić information content (AvgIpc) is 2.82. The van der Waals surface area contributed by atoms with Crippen molar-refractivity contribution in [3.8, 4) is 5.69 Å². The molecule has 0 atom stereocenters. The molecule has 0 saturated carbocycles. The van der Waals surface area contributed by atoms with Crippen molar-refractivity contribution in [1.82, 2.24) is 9.55 Å². The molecule has 0 saturated heterocycles. The zero-order valence-electron chi connectivity index (χ0n) is 10.2. The van der Waals surface area contributed by atoms with Crippen molar-refractivity contribution in [2.45, 2.75) is 13.8 Å². The molecule has 0 amide bonds. The maximum absolute atomic E-state index is 11.5. The summed E-state index contributed by atoms with van der Waals surface area (Å²) in [7, 11) is 0. The van der Waals surface area contributed by atoms with E-state index in [4.69, 9.17) is 4.74 Å². The van der Waals surface area contributed by atoms with Gasteiger partial charge in [-0.3, -0.25) is 0 Å². The molecule has 2 aromatic rings. The number of ether oxygens (including phenoxy) is 1. The van der Waals surface area contributed by atoms with Gasteiger partial charge >= 0.3 is 5.97 Å². The van der Waals surface area contributed by atoms with Crippen LogP contribution < -0.4 is 0 Å². The topological polar surface area (TPSA) is 44.1 Å². The quantitative estimate of drug-likeness (QED) is 0.628. The summed E-state index contributed by atoms with van der Waals surface area (Å²) in [5.74, 6) is -0.389. The van der Waals surface area contributed by atoms with Gasteiger partial charge in [0.25, 0.3) is 0 Å². The number of hydrogen-bond acceptors (Lipinski definition) is 3. The van der Waals surface area contributed by atoms with Crippen molar-refractivity contribution in [2.75, 3.05) is 6.61 Å². The van der Waals surface area contributed by atoms with Gasteiger partial charge in [-0.2, -0.15) is 0 Å². The zero-order chi connectivity index (χ0) is 13.1. The molecule has 0 radical (unpaired) electrons. The van der Waals surface area contributed by atoms with E-state index in [0.29, 0.717) is 12.3 Å². The summed E-state index contributed by atoms with van der Waals surface area (Å²) >= 11 is 2.26. The molecule has 0 unspecified atom stereocenters. The van der Waals surface area contributed by atoms with Crippen LogP contribution in [0.25, 0.3) is 5.69 Å². The number of esters is 1. The lowest BCUT2D eigenvalue weighted by Gasteiger charge is -2.06. The van der Waals surface area contributed by atoms with Crippen LogP contribution in [0.15, 0.2) is 30.7 Å². The molecule has 0 spiro atoms. The normalized spacial score (nSPS) is 10.4. The number of rotatable bonds is 3. The number of aryl methyl sites for hydroxylation is 1. The van der Waals surface area contributed by atoms with Crippen LogP contribution in [0.2, 0.25) is 0 Å². The molecule has 0 bridgehead atoms. The van der Waals surface area contributed by atoms with Gasteiger partial charge in [0.2, 0.25) is 0 Å². The maximum Gasteiger partial charge on any atom is 0.358 e. The van der Waals surface area contributed by atoms with Crippen molar-refractivity contribution in [3.63, 3.8) is 0 Å². The average molecular weight is 356 g/mol. The van der Waals surface area contributed by atoms with Gasteiger partial charge in [-0.25, -0.2) is 9.78 Å². The molecular weight excluding hydrogens is 343 g/mol. The van der Waals surface area contributed by atoms with Gasteiger partial charge in [0.1, 0.15) is 6.33 Å². The minimum atomic E-state index is -0.389. The Hall–Kier alpha value is -1.37. The summed E-state index contributed by atoms with van der Waals surface area (Å²) in [6.45, 7) is 4.15. The van der Waals surface area contributed by atoms with Crippen molar-refractivity contribution >= 4 is 28.6 Å². The standard InChI is InChI=1S/C13H13IN2O2/c1-3-18-13(17)11-7-16(8-15-11)12-6-10(14)5-4-9(12)2/h4-8H,3H2,1-2H3. The van der Waals surface area contributed by atoms with E-state index in [2.05, 4.69) is 27.6 Å². The van der Waals surface area contributed by atoms with Gasteiger partial charge in [-0.1, -0.05) is 6.07 Å². The summed E-state index contributed by atoms with van der Waals surface area (Å²) < 4.78 is 7.89.